The molecule has 3 heteroatoms. The first-order chi connectivity index (χ1) is 11.8. The predicted molar refractivity (Wildman–Crippen MR) is 96.2 cm³/mol. The summed E-state index contributed by atoms with van der Waals surface area (Å²) in [6.45, 7) is 0.104. The molecule has 3 aromatic rings. The number of aliphatic hydroxyl groups is 2. The molecule has 1 heterocycles. The zero-order valence-corrected chi connectivity index (χ0v) is 13.8. The van der Waals surface area contributed by atoms with E-state index in [2.05, 4.69) is 16.7 Å². The summed E-state index contributed by atoms with van der Waals surface area (Å²) in [6, 6.07) is 24.2. The monoisotopic (exact) mass is 321 g/mol. The zero-order valence-electron chi connectivity index (χ0n) is 13.8. The molecule has 3 nitrogen and oxygen atoms in total. The van der Waals surface area contributed by atoms with Crippen LogP contribution in [0.5, 0.6) is 0 Å². The quantitative estimate of drug-likeness (QED) is 0.732. The van der Waals surface area contributed by atoms with Crippen LogP contribution >= 0.6 is 0 Å². The minimum absolute atomic E-state index is 0.0520. The van der Waals surface area contributed by atoms with Crippen LogP contribution in [-0.4, -0.2) is 28.0 Å². The van der Waals surface area contributed by atoms with Gasteiger partial charge in [-0.05, 0) is 23.3 Å². The lowest BCUT2D eigenvalue weighted by Gasteiger charge is -2.20. The Hall–Kier alpha value is -2.36. The lowest BCUT2D eigenvalue weighted by atomic mass is 9.96. The largest absolute Gasteiger partial charge is 0.395 e. The first-order valence-corrected chi connectivity index (χ1v) is 8.23. The SMILES string of the molecule is Cn1c(C(CO)c2ccccc2)ccc1C(CO)c1ccccc1. The average Bonchev–Trinajstić information content (AvgIpc) is 3.00. The van der Waals surface area contributed by atoms with Gasteiger partial charge >= 0.3 is 0 Å². The maximum Gasteiger partial charge on any atom is 0.0554 e. The van der Waals surface area contributed by atoms with Gasteiger partial charge in [-0.2, -0.15) is 0 Å². The Labute approximate surface area is 142 Å². The number of hydrogen-bond donors (Lipinski definition) is 2. The van der Waals surface area contributed by atoms with E-state index in [1.165, 1.54) is 0 Å². The van der Waals surface area contributed by atoms with Crippen molar-refractivity contribution < 1.29 is 10.2 Å². The summed E-state index contributed by atoms with van der Waals surface area (Å²) >= 11 is 0. The lowest BCUT2D eigenvalue weighted by molar-refractivity contribution is 0.272. The second kappa shape index (κ2) is 7.47. The smallest absolute Gasteiger partial charge is 0.0554 e. The van der Waals surface area contributed by atoms with Gasteiger partial charge in [0.1, 0.15) is 0 Å². The number of benzene rings is 2. The van der Waals surface area contributed by atoms with Crippen molar-refractivity contribution in [1.29, 1.82) is 0 Å². The molecule has 0 radical (unpaired) electrons. The summed E-state index contributed by atoms with van der Waals surface area (Å²) in [6.07, 6.45) is 0. The molecule has 3 rings (SSSR count). The molecule has 0 aliphatic heterocycles. The summed E-state index contributed by atoms with van der Waals surface area (Å²) in [4.78, 5) is 0. The van der Waals surface area contributed by atoms with Gasteiger partial charge in [0.05, 0.1) is 13.2 Å². The third kappa shape index (κ3) is 3.14. The molecule has 0 amide bonds. The van der Waals surface area contributed by atoms with Gasteiger partial charge in [0.25, 0.3) is 0 Å². The van der Waals surface area contributed by atoms with Crippen molar-refractivity contribution in [2.75, 3.05) is 13.2 Å². The van der Waals surface area contributed by atoms with Crippen molar-refractivity contribution in [2.45, 2.75) is 11.8 Å². The first kappa shape index (κ1) is 16.5. The van der Waals surface area contributed by atoms with Gasteiger partial charge in [-0.3, -0.25) is 0 Å². The van der Waals surface area contributed by atoms with Crippen LogP contribution in [0, 0.1) is 0 Å². The summed E-state index contributed by atoms with van der Waals surface area (Å²) in [7, 11) is 2.00. The fourth-order valence-electron chi connectivity index (χ4n) is 3.35. The molecule has 2 atom stereocenters. The van der Waals surface area contributed by atoms with Crippen LogP contribution in [0.2, 0.25) is 0 Å². The number of aromatic nitrogens is 1. The van der Waals surface area contributed by atoms with E-state index < -0.39 is 0 Å². The fraction of sp³-hybridized carbons (Fsp3) is 0.238. The number of nitrogens with zero attached hydrogens (tertiary/aromatic N) is 1. The van der Waals surface area contributed by atoms with Gasteiger partial charge in [-0.25, -0.2) is 0 Å². The number of rotatable bonds is 6. The fourth-order valence-corrected chi connectivity index (χ4v) is 3.35. The highest BCUT2D eigenvalue weighted by Gasteiger charge is 2.22. The second-order valence-corrected chi connectivity index (χ2v) is 6.03. The lowest BCUT2D eigenvalue weighted by Crippen LogP contribution is -2.15. The van der Waals surface area contributed by atoms with E-state index in [0.717, 1.165) is 22.5 Å². The van der Waals surface area contributed by atoms with Gasteiger partial charge < -0.3 is 14.8 Å². The van der Waals surface area contributed by atoms with Gasteiger partial charge in [-0.1, -0.05) is 60.7 Å². The van der Waals surface area contributed by atoms with Crippen LogP contribution in [0.4, 0.5) is 0 Å². The number of aliphatic hydroxyl groups excluding tert-OH is 2. The van der Waals surface area contributed by atoms with Crippen molar-refractivity contribution in [3.63, 3.8) is 0 Å². The van der Waals surface area contributed by atoms with E-state index >= 15 is 0 Å². The van der Waals surface area contributed by atoms with E-state index in [1.54, 1.807) is 0 Å². The Morgan fingerprint density at radius 3 is 1.38 bits per heavy atom. The van der Waals surface area contributed by atoms with Crippen LogP contribution in [-0.2, 0) is 7.05 Å². The Balaban J connectivity index is 1.98. The number of hydrogen-bond acceptors (Lipinski definition) is 2. The maximum atomic E-state index is 9.92. The van der Waals surface area contributed by atoms with Crippen LogP contribution in [0.1, 0.15) is 34.4 Å². The highest BCUT2D eigenvalue weighted by Crippen LogP contribution is 2.30. The third-order valence-corrected chi connectivity index (χ3v) is 4.68. The average molecular weight is 321 g/mol. The molecule has 0 aliphatic carbocycles. The van der Waals surface area contributed by atoms with E-state index in [0.29, 0.717) is 0 Å². The van der Waals surface area contributed by atoms with Crippen molar-refractivity contribution in [3.8, 4) is 0 Å². The standard InChI is InChI=1S/C21H23NO2/c1-22-20(18(14-23)16-8-4-2-5-9-16)12-13-21(22)19(15-24)17-10-6-3-7-11-17/h2-13,18-19,23-24H,14-15H2,1H3. The Kier molecular flexibility index (Phi) is 5.14. The molecule has 0 aliphatic rings. The van der Waals surface area contributed by atoms with Gasteiger partial charge in [0.15, 0.2) is 0 Å². The summed E-state index contributed by atoms with van der Waals surface area (Å²) in [5, 5.41) is 19.8. The van der Waals surface area contributed by atoms with Gasteiger partial charge in [0, 0.05) is 30.3 Å². The van der Waals surface area contributed by atoms with E-state index in [-0.39, 0.29) is 25.0 Å². The minimum Gasteiger partial charge on any atom is -0.395 e. The summed E-state index contributed by atoms with van der Waals surface area (Å²) in [5.74, 6) is -0.139. The molecule has 2 unspecified atom stereocenters. The van der Waals surface area contributed by atoms with E-state index in [9.17, 15) is 10.2 Å². The molecule has 0 fully saturated rings. The summed E-state index contributed by atoms with van der Waals surface area (Å²) < 4.78 is 2.10. The Bertz CT molecular complexity index is 700. The summed E-state index contributed by atoms with van der Waals surface area (Å²) in [5.41, 5.74) is 4.28. The highest BCUT2D eigenvalue weighted by atomic mass is 16.3. The molecule has 1 aromatic heterocycles. The van der Waals surface area contributed by atoms with Crippen molar-refractivity contribution in [1.82, 2.24) is 4.57 Å². The van der Waals surface area contributed by atoms with Crippen LogP contribution in [0.3, 0.4) is 0 Å². The van der Waals surface area contributed by atoms with Gasteiger partial charge in [0.2, 0.25) is 0 Å². The topological polar surface area (TPSA) is 45.4 Å². The van der Waals surface area contributed by atoms with Gasteiger partial charge in [-0.15, -0.1) is 0 Å². The van der Waals surface area contributed by atoms with Crippen LogP contribution < -0.4 is 0 Å². The molecule has 24 heavy (non-hydrogen) atoms. The zero-order chi connectivity index (χ0) is 16.9. The Morgan fingerprint density at radius 1 is 0.667 bits per heavy atom. The molecule has 0 saturated carbocycles. The molecule has 0 bridgehead atoms. The molecule has 0 saturated heterocycles. The van der Waals surface area contributed by atoms with Crippen LogP contribution in [0.15, 0.2) is 72.8 Å². The highest BCUT2D eigenvalue weighted by molar-refractivity contribution is 5.36. The van der Waals surface area contributed by atoms with Crippen LogP contribution in [0.25, 0.3) is 0 Å². The third-order valence-electron chi connectivity index (χ3n) is 4.68. The first-order valence-electron chi connectivity index (χ1n) is 8.23. The minimum atomic E-state index is -0.0694. The second-order valence-electron chi connectivity index (χ2n) is 6.03. The molecular formula is C21H23NO2. The predicted octanol–water partition coefficient (Wildman–Crippen LogP) is 3.27. The Morgan fingerprint density at radius 2 is 1.04 bits per heavy atom. The normalized spacial score (nSPS) is 13.6. The molecule has 2 aromatic carbocycles. The van der Waals surface area contributed by atoms with Crippen molar-refractivity contribution in [3.05, 3.63) is 95.3 Å². The molecular weight excluding hydrogens is 298 g/mol. The molecule has 124 valence electrons. The van der Waals surface area contributed by atoms with E-state index in [4.69, 9.17) is 0 Å². The van der Waals surface area contributed by atoms with Crippen molar-refractivity contribution in [2.24, 2.45) is 7.05 Å². The van der Waals surface area contributed by atoms with E-state index in [1.807, 2.05) is 67.7 Å². The van der Waals surface area contributed by atoms with Crippen molar-refractivity contribution >= 4 is 0 Å². The maximum absolute atomic E-state index is 9.92. The molecule has 0 spiro atoms. The molecule has 2 N–H and O–H groups in total.